The van der Waals surface area contributed by atoms with Crippen molar-refractivity contribution in [2.75, 3.05) is 10.6 Å². The van der Waals surface area contributed by atoms with Crippen LogP contribution in [-0.4, -0.2) is 80.7 Å². The topological polar surface area (TPSA) is 245 Å². The van der Waals surface area contributed by atoms with Gasteiger partial charge in [-0.2, -0.15) is 10.1 Å². The number of aromatic amines is 1. The van der Waals surface area contributed by atoms with Gasteiger partial charge in [0.1, 0.15) is 16.8 Å². The maximum absolute atomic E-state index is 12.9. The number of fused-ring (bicyclic) bond motifs is 3. The summed E-state index contributed by atoms with van der Waals surface area (Å²) in [5.74, 6) is 8.47. The molecule has 444 valence electrons. The highest BCUT2D eigenvalue weighted by molar-refractivity contribution is 7.80. The van der Waals surface area contributed by atoms with Crippen molar-refractivity contribution in [3.05, 3.63) is 200 Å². The van der Waals surface area contributed by atoms with Crippen LogP contribution >= 0.6 is 24.4 Å². The molecule has 0 aliphatic heterocycles. The van der Waals surface area contributed by atoms with E-state index in [0.29, 0.717) is 38.4 Å². The first kappa shape index (κ1) is 65.5. The average Bonchev–Trinajstić information content (AvgIpc) is 1.91. The summed E-state index contributed by atoms with van der Waals surface area (Å²) in [7, 11) is 0. The number of thiocarbonyl (C=S) groups is 2. The highest BCUT2D eigenvalue weighted by atomic mass is 32.1. The number of hydrogen-bond donors (Lipinski definition) is 5. The Hall–Kier alpha value is -9.69. The molecule has 4 aromatic heterocycles. The summed E-state index contributed by atoms with van der Waals surface area (Å²) in [6.07, 6.45) is 3.51. The first-order valence-electron chi connectivity index (χ1n) is 27.1. The summed E-state index contributed by atoms with van der Waals surface area (Å²) in [6, 6.07) is 53.0. The first-order valence-corrected chi connectivity index (χ1v) is 27.9. The fourth-order valence-corrected chi connectivity index (χ4v) is 8.71. The molecule has 6 aromatic carbocycles. The Morgan fingerprint density at radius 2 is 0.953 bits per heavy atom. The van der Waals surface area contributed by atoms with Crippen LogP contribution in [0.1, 0.15) is 96.4 Å². The van der Waals surface area contributed by atoms with E-state index in [-0.39, 0.29) is 18.0 Å². The normalized spacial score (nSPS) is 10.9. The smallest absolute Gasteiger partial charge is 0.419 e. The first-order chi connectivity index (χ1) is 40.9. The Labute approximate surface area is 510 Å². The number of carbonyl (C=O) groups excluding carboxylic acids is 5. The van der Waals surface area contributed by atoms with E-state index in [1.807, 2.05) is 199 Å². The second kappa shape index (κ2) is 29.7. The van der Waals surface area contributed by atoms with Crippen LogP contribution in [0.15, 0.2) is 193 Å². The van der Waals surface area contributed by atoms with Crippen molar-refractivity contribution >= 4 is 120 Å². The van der Waals surface area contributed by atoms with Gasteiger partial charge in [-0.15, -0.1) is 0 Å². The van der Waals surface area contributed by atoms with Crippen molar-refractivity contribution in [2.24, 2.45) is 16.7 Å². The summed E-state index contributed by atoms with van der Waals surface area (Å²) in [5.41, 5.74) is 5.64. The van der Waals surface area contributed by atoms with Crippen molar-refractivity contribution < 1.29 is 38.2 Å². The van der Waals surface area contributed by atoms with Gasteiger partial charge >= 0.3 is 18.3 Å². The summed E-state index contributed by atoms with van der Waals surface area (Å²) in [6.45, 7) is 17.9. The minimum absolute atomic E-state index is 0.0482. The number of anilines is 3. The van der Waals surface area contributed by atoms with E-state index in [2.05, 4.69) is 54.9 Å². The molecule has 0 saturated carbocycles. The molecule has 0 spiro atoms. The van der Waals surface area contributed by atoms with Crippen molar-refractivity contribution in [3.8, 4) is 11.3 Å². The zero-order chi connectivity index (χ0) is 62.8. The summed E-state index contributed by atoms with van der Waals surface area (Å²) in [4.78, 5) is 66.1. The molecule has 86 heavy (non-hydrogen) atoms. The zero-order valence-electron chi connectivity index (χ0n) is 49.6. The third-order valence-electron chi connectivity index (χ3n) is 11.8. The van der Waals surface area contributed by atoms with Gasteiger partial charge in [-0.25, -0.2) is 14.4 Å². The van der Waals surface area contributed by atoms with Crippen LogP contribution in [0.5, 0.6) is 0 Å². The number of nitrogens with two attached hydrogens (primary N) is 2. The highest BCUT2D eigenvalue weighted by Crippen LogP contribution is 2.32. The number of Topliss-reactive ketones (excluding diaryl/α,β-unsaturated/α-hetero) is 2. The predicted molar refractivity (Wildman–Crippen MR) is 349 cm³/mol. The molecule has 0 radical (unpaired) electrons. The van der Waals surface area contributed by atoms with Gasteiger partial charge in [0.15, 0.2) is 17.4 Å². The molecule has 0 aliphatic carbocycles. The Morgan fingerprint density at radius 1 is 0.558 bits per heavy atom. The Balaban J connectivity index is 0.000000192. The van der Waals surface area contributed by atoms with E-state index in [0.717, 1.165) is 44.6 Å². The number of ketones is 2. The molecule has 0 saturated heterocycles. The van der Waals surface area contributed by atoms with Crippen LogP contribution in [-0.2, 0) is 14.2 Å². The van der Waals surface area contributed by atoms with Gasteiger partial charge in [-0.05, 0) is 136 Å². The second-order valence-electron chi connectivity index (χ2n) is 22.0. The predicted octanol–water partition coefficient (Wildman–Crippen LogP) is 15.9. The molecule has 0 aliphatic rings. The monoisotopic (exact) mass is 1190 g/mol. The second-order valence-corrected chi connectivity index (χ2v) is 22.7. The van der Waals surface area contributed by atoms with Gasteiger partial charge in [0.05, 0.1) is 44.5 Å². The molecule has 0 bridgehead atoms. The lowest BCUT2D eigenvalue weighted by molar-refractivity contribution is 0.0532. The molecule has 4 heterocycles. The number of rotatable bonds is 9. The van der Waals surface area contributed by atoms with Gasteiger partial charge < -0.3 is 24.8 Å². The van der Waals surface area contributed by atoms with Crippen molar-refractivity contribution in [2.45, 2.75) is 92.5 Å². The Bertz CT molecular complexity index is 4010. The van der Waals surface area contributed by atoms with E-state index in [1.165, 1.54) is 22.3 Å². The van der Waals surface area contributed by atoms with Crippen molar-refractivity contribution in [3.63, 3.8) is 0 Å². The molecule has 10 rings (SSSR count). The molecule has 0 fully saturated rings. The van der Waals surface area contributed by atoms with Crippen molar-refractivity contribution in [1.29, 1.82) is 0 Å². The molecule has 7 N–H and O–H groups in total. The third kappa shape index (κ3) is 18.7. The molecule has 0 atom stereocenters. The Morgan fingerprint density at radius 3 is 1.42 bits per heavy atom. The van der Waals surface area contributed by atoms with Crippen molar-refractivity contribution in [1.82, 2.24) is 23.9 Å². The standard InChI is InChI=1S/C22H22N4O2.C22H22N2O3S.C15H17NO3.C7H5NS.H4N2/c1-22(2,3)28-21(27)26-14-17(16-11-7-8-12-19(16)26)18-13-20(25-24-18)23-15-9-5-4-6-10-15;1-22(2,3)27-21(26)24-14-17(16-11-7-8-12-18(16)24)19(25)13-20(28)23-15-9-5-4-6-10-15;1-10(17)12-9-16(14(18)19-15(2,3)4)13-8-6-5-7-11(12)13;9-6-8-7-4-2-1-3-5-7;1-2/h4-14H,1-3H3,(H2,23,24,25);4-12,14H,13H2,1-3H3,(H,23,28);5-9H,1-4H3;1-5H;1-2H2. The van der Waals surface area contributed by atoms with Crippen LogP contribution in [0.25, 0.3) is 44.0 Å². The number of isothiocyanates is 1. The molecule has 18 nitrogen and oxygen atoms in total. The lowest BCUT2D eigenvalue weighted by atomic mass is 10.1. The highest BCUT2D eigenvalue weighted by Gasteiger charge is 2.25. The Kier molecular flexibility index (Phi) is 22.6. The van der Waals surface area contributed by atoms with Crippen LogP contribution in [0.3, 0.4) is 0 Å². The largest absolute Gasteiger partial charge is 0.443 e. The number of nitrogens with one attached hydrogen (secondary N) is 3. The molecule has 0 unspecified atom stereocenters. The summed E-state index contributed by atoms with van der Waals surface area (Å²) >= 11 is 9.75. The minimum atomic E-state index is -0.631. The fraction of sp³-hybridized carbons (Fsp3) is 0.212. The van der Waals surface area contributed by atoms with E-state index in [9.17, 15) is 24.0 Å². The van der Waals surface area contributed by atoms with Crippen LogP contribution in [0, 0.1) is 0 Å². The van der Waals surface area contributed by atoms with Crippen LogP contribution in [0.2, 0.25) is 0 Å². The molecule has 10 aromatic rings. The number of ether oxygens (including phenoxy) is 3. The van der Waals surface area contributed by atoms with E-state index in [4.69, 9.17) is 26.4 Å². The zero-order valence-corrected chi connectivity index (χ0v) is 51.2. The molecule has 0 amide bonds. The summed E-state index contributed by atoms with van der Waals surface area (Å²) < 4.78 is 20.7. The molecular weight excluding hydrogens is 1120 g/mol. The lowest BCUT2D eigenvalue weighted by Gasteiger charge is -2.19. The van der Waals surface area contributed by atoms with Gasteiger partial charge in [0, 0.05) is 68.9 Å². The number of benzene rings is 6. The number of carbonyl (C=O) groups is 5. The minimum Gasteiger partial charge on any atom is -0.443 e. The maximum atomic E-state index is 12.9. The van der Waals surface area contributed by atoms with Gasteiger partial charge in [-0.1, -0.05) is 121 Å². The van der Waals surface area contributed by atoms with E-state index < -0.39 is 35.1 Å². The van der Waals surface area contributed by atoms with E-state index in [1.54, 1.807) is 49.9 Å². The number of hydrazine groups is 1. The van der Waals surface area contributed by atoms with Gasteiger partial charge in [0.2, 0.25) is 0 Å². The number of hydrogen-bond acceptors (Lipinski definition) is 15. The summed E-state index contributed by atoms with van der Waals surface area (Å²) in [5, 5.41) is 18.4. The number of nitrogens with zero attached hydrogens (tertiary/aromatic N) is 5. The molecule has 20 heteroatoms. The van der Waals surface area contributed by atoms with Crippen LogP contribution < -0.4 is 22.3 Å². The SMILES string of the molecule is CC(=O)c1cn(C(=O)OC(C)(C)C)c2ccccc12.CC(C)(C)OC(=O)n1cc(-c2cc(Nc3ccccc3)n[nH]2)c2ccccc21.CC(C)(C)OC(=O)n1cc(C(=O)CC(=S)Nc2ccccc2)c2ccccc21.NN.S=C=Nc1ccccc1. The lowest BCUT2D eigenvalue weighted by Crippen LogP contribution is -2.26. The van der Waals surface area contributed by atoms with Gasteiger partial charge in [0.25, 0.3) is 0 Å². The molecular formula is C66H70N10O8S2. The fourth-order valence-electron chi connectivity index (χ4n) is 8.36. The van der Waals surface area contributed by atoms with Gasteiger partial charge in [-0.3, -0.25) is 40.1 Å². The number of para-hydroxylation sites is 6. The quantitative estimate of drug-likeness (QED) is 0.0225. The third-order valence-corrected chi connectivity index (χ3v) is 12.1. The van der Waals surface area contributed by atoms with Crippen LogP contribution in [0.4, 0.5) is 37.3 Å². The average molecular weight is 1200 g/mol. The maximum Gasteiger partial charge on any atom is 0.419 e. The number of H-pyrrole nitrogens is 1. The number of aromatic nitrogens is 5. The number of aliphatic imine (C=N–C) groups is 1. The van der Waals surface area contributed by atoms with E-state index >= 15 is 0 Å².